The van der Waals surface area contributed by atoms with Crippen molar-refractivity contribution in [1.29, 1.82) is 0 Å². The van der Waals surface area contributed by atoms with E-state index in [2.05, 4.69) is 9.72 Å². The van der Waals surface area contributed by atoms with E-state index in [9.17, 15) is 9.59 Å². The number of methoxy groups -OCH3 is 1. The molecule has 1 fully saturated rings. The van der Waals surface area contributed by atoms with E-state index in [1.54, 1.807) is 11.0 Å². The largest absolute Gasteiger partial charge is 0.487 e. The molecule has 0 radical (unpaired) electrons. The summed E-state index contributed by atoms with van der Waals surface area (Å²) >= 11 is 0. The molecule has 0 aliphatic carbocycles. The van der Waals surface area contributed by atoms with Crippen molar-refractivity contribution in [2.24, 2.45) is 0 Å². The Morgan fingerprint density at radius 3 is 2.70 bits per heavy atom. The van der Waals surface area contributed by atoms with Gasteiger partial charge in [-0.25, -0.2) is 9.59 Å². The lowest BCUT2D eigenvalue weighted by Crippen LogP contribution is -2.36. The second-order valence-electron chi connectivity index (χ2n) is 6.36. The molecule has 0 spiro atoms. The van der Waals surface area contributed by atoms with Crippen molar-refractivity contribution in [2.45, 2.75) is 38.9 Å². The van der Waals surface area contributed by atoms with Gasteiger partial charge in [-0.2, -0.15) is 0 Å². The molecule has 1 unspecified atom stereocenters. The summed E-state index contributed by atoms with van der Waals surface area (Å²) in [5.74, 6) is 0.00805. The van der Waals surface area contributed by atoms with Gasteiger partial charge in [0.15, 0.2) is 0 Å². The third-order valence-corrected chi connectivity index (χ3v) is 3.23. The van der Waals surface area contributed by atoms with Crippen LogP contribution >= 0.6 is 0 Å². The summed E-state index contributed by atoms with van der Waals surface area (Å²) in [4.78, 5) is 29.1. The van der Waals surface area contributed by atoms with Gasteiger partial charge in [-0.3, -0.25) is 4.98 Å². The van der Waals surface area contributed by atoms with Gasteiger partial charge in [0.1, 0.15) is 17.5 Å². The highest BCUT2D eigenvalue weighted by molar-refractivity contribution is 5.89. The number of carbonyl (C=O) groups excluding carboxylic acids is 2. The molecule has 0 bridgehead atoms. The maximum Gasteiger partial charge on any atom is 0.410 e. The van der Waals surface area contributed by atoms with E-state index in [0.29, 0.717) is 30.8 Å². The van der Waals surface area contributed by atoms with Crippen LogP contribution in [0.3, 0.4) is 0 Å². The van der Waals surface area contributed by atoms with E-state index < -0.39 is 11.6 Å². The zero-order chi connectivity index (χ0) is 17.0. The number of esters is 1. The first-order valence-electron chi connectivity index (χ1n) is 7.46. The molecule has 1 amide bonds. The fourth-order valence-electron chi connectivity index (χ4n) is 2.22. The maximum atomic E-state index is 12.0. The number of ether oxygens (including phenoxy) is 3. The molecule has 1 aliphatic rings. The van der Waals surface area contributed by atoms with Crippen LogP contribution in [0.1, 0.15) is 37.6 Å². The Morgan fingerprint density at radius 1 is 1.30 bits per heavy atom. The monoisotopic (exact) mass is 322 g/mol. The highest BCUT2D eigenvalue weighted by atomic mass is 16.6. The van der Waals surface area contributed by atoms with Gasteiger partial charge in [0.2, 0.25) is 0 Å². The average molecular weight is 322 g/mol. The van der Waals surface area contributed by atoms with Gasteiger partial charge in [0, 0.05) is 19.2 Å². The second-order valence-corrected chi connectivity index (χ2v) is 6.36. The standard InChI is InChI=1S/C16H22N2O5/c1-16(2,3)23-15(20)18-6-5-12(10-18)22-13-7-11(8-17-9-13)14(19)21-4/h7-9,12H,5-6,10H2,1-4H3. The van der Waals surface area contributed by atoms with E-state index in [0.717, 1.165) is 0 Å². The predicted octanol–water partition coefficient (Wildman–Crippen LogP) is 2.26. The number of amides is 1. The summed E-state index contributed by atoms with van der Waals surface area (Å²) in [7, 11) is 1.31. The topological polar surface area (TPSA) is 78.0 Å². The Morgan fingerprint density at radius 2 is 2.04 bits per heavy atom. The third-order valence-electron chi connectivity index (χ3n) is 3.23. The Hall–Kier alpha value is -2.31. The Balaban J connectivity index is 1.93. The van der Waals surface area contributed by atoms with E-state index in [4.69, 9.17) is 9.47 Å². The zero-order valence-electron chi connectivity index (χ0n) is 13.9. The minimum atomic E-state index is -0.519. The Bertz CT molecular complexity index is 582. The Labute approximate surface area is 135 Å². The average Bonchev–Trinajstić information content (AvgIpc) is 2.93. The molecule has 1 atom stereocenters. The van der Waals surface area contributed by atoms with Crippen molar-refractivity contribution in [3.8, 4) is 5.75 Å². The van der Waals surface area contributed by atoms with Crippen molar-refractivity contribution in [3.63, 3.8) is 0 Å². The van der Waals surface area contributed by atoms with Crippen LogP contribution in [-0.4, -0.2) is 53.9 Å². The SMILES string of the molecule is COC(=O)c1cncc(OC2CCN(C(=O)OC(C)(C)C)C2)c1. The molecule has 126 valence electrons. The van der Waals surface area contributed by atoms with Gasteiger partial charge in [0.25, 0.3) is 0 Å². The molecule has 1 aromatic heterocycles. The number of nitrogens with zero attached hydrogens (tertiary/aromatic N) is 2. The van der Waals surface area contributed by atoms with Gasteiger partial charge in [-0.05, 0) is 26.8 Å². The molecule has 7 heteroatoms. The van der Waals surface area contributed by atoms with E-state index in [1.807, 2.05) is 20.8 Å². The van der Waals surface area contributed by atoms with Gasteiger partial charge < -0.3 is 19.1 Å². The summed E-state index contributed by atoms with van der Waals surface area (Å²) in [6.07, 6.45) is 3.15. The van der Waals surface area contributed by atoms with E-state index >= 15 is 0 Å². The minimum absolute atomic E-state index is 0.155. The molecule has 1 aromatic rings. The van der Waals surface area contributed by atoms with Crippen LogP contribution < -0.4 is 4.74 Å². The van der Waals surface area contributed by atoms with Gasteiger partial charge in [-0.1, -0.05) is 0 Å². The van der Waals surface area contributed by atoms with Crippen LogP contribution in [0.4, 0.5) is 4.79 Å². The quantitative estimate of drug-likeness (QED) is 0.794. The van der Waals surface area contributed by atoms with Crippen LogP contribution in [0.25, 0.3) is 0 Å². The molecule has 7 nitrogen and oxygen atoms in total. The van der Waals surface area contributed by atoms with Crippen LogP contribution in [0.2, 0.25) is 0 Å². The van der Waals surface area contributed by atoms with E-state index in [-0.39, 0.29) is 12.2 Å². The number of carbonyl (C=O) groups is 2. The molecule has 0 N–H and O–H groups in total. The number of aromatic nitrogens is 1. The number of pyridine rings is 1. The van der Waals surface area contributed by atoms with Gasteiger partial charge in [0.05, 0.1) is 25.4 Å². The van der Waals surface area contributed by atoms with Crippen LogP contribution in [-0.2, 0) is 9.47 Å². The molecule has 23 heavy (non-hydrogen) atoms. The van der Waals surface area contributed by atoms with E-state index in [1.165, 1.54) is 19.5 Å². The maximum absolute atomic E-state index is 12.0. The fraction of sp³-hybridized carbons (Fsp3) is 0.562. The van der Waals surface area contributed by atoms with Crippen LogP contribution in [0, 0.1) is 0 Å². The lowest BCUT2D eigenvalue weighted by Gasteiger charge is -2.24. The lowest BCUT2D eigenvalue weighted by atomic mass is 10.2. The van der Waals surface area contributed by atoms with Crippen LogP contribution in [0.5, 0.6) is 5.75 Å². The van der Waals surface area contributed by atoms with Crippen molar-refractivity contribution in [1.82, 2.24) is 9.88 Å². The molecule has 1 saturated heterocycles. The second kappa shape index (κ2) is 6.85. The lowest BCUT2D eigenvalue weighted by molar-refractivity contribution is 0.0275. The number of rotatable bonds is 3. The normalized spacial score (nSPS) is 17.7. The molecule has 2 rings (SSSR count). The summed E-state index contributed by atoms with van der Waals surface area (Å²) in [6.45, 7) is 6.51. The van der Waals surface area contributed by atoms with Crippen LogP contribution in [0.15, 0.2) is 18.5 Å². The summed E-state index contributed by atoms with van der Waals surface area (Å²) in [5.41, 5.74) is -0.193. The smallest absolute Gasteiger partial charge is 0.410 e. The van der Waals surface area contributed by atoms with Crippen molar-refractivity contribution < 1.29 is 23.8 Å². The van der Waals surface area contributed by atoms with Gasteiger partial charge in [-0.15, -0.1) is 0 Å². The third kappa shape index (κ3) is 4.84. The Kier molecular flexibility index (Phi) is 5.08. The molecule has 2 heterocycles. The fourth-order valence-corrected chi connectivity index (χ4v) is 2.22. The number of hydrogen-bond donors (Lipinski definition) is 0. The first-order valence-corrected chi connectivity index (χ1v) is 7.46. The minimum Gasteiger partial charge on any atom is -0.487 e. The summed E-state index contributed by atoms with van der Waals surface area (Å²) in [5, 5.41) is 0. The highest BCUT2D eigenvalue weighted by Crippen LogP contribution is 2.20. The first kappa shape index (κ1) is 17.1. The summed E-state index contributed by atoms with van der Waals surface area (Å²) in [6, 6.07) is 1.58. The van der Waals surface area contributed by atoms with Crippen molar-refractivity contribution in [2.75, 3.05) is 20.2 Å². The van der Waals surface area contributed by atoms with Crippen molar-refractivity contribution >= 4 is 12.1 Å². The number of hydrogen-bond acceptors (Lipinski definition) is 6. The molecule has 0 aromatic carbocycles. The van der Waals surface area contributed by atoms with Gasteiger partial charge >= 0.3 is 12.1 Å². The predicted molar refractivity (Wildman–Crippen MR) is 82.4 cm³/mol. The molecule has 0 saturated carbocycles. The number of likely N-dealkylation sites (tertiary alicyclic amines) is 1. The highest BCUT2D eigenvalue weighted by Gasteiger charge is 2.31. The first-order chi connectivity index (χ1) is 10.8. The molecular formula is C16H22N2O5. The van der Waals surface area contributed by atoms with Crippen molar-refractivity contribution in [3.05, 3.63) is 24.0 Å². The summed E-state index contributed by atoms with van der Waals surface area (Å²) < 4.78 is 15.8. The molecular weight excluding hydrogens is 300 g/mol. The molecule has 1 aliphatic heterocycles. The zero-order valence-corrected chi connectivity index (χ0v) is 13.9.